The second kappa shape index (κ2) is 6.53. The highest BCUT2D eigenvalue weighted by Crippen LogP contribution is 2.30. The summed E-state index contributed by atoms with van der Waals surface area (Å²) in [4.78, 5) is 12.7. The molecule has 1 amide bonds. The Labute approximate surface area is 137 Å². The molecule has 2 aromatic carbocycles. The number of rotatable bonds is 4. The predicted molar refractivity (Wildman–Crippen MR) is 93.5 cm³/mol. The molecule has 2 rings (SSSR count). The molecule has 3 heteroatoms. The summed E-state index contributed by atoms with van der Waals surface area (Å²) in [6.45, 7) is 7.85. The van der Waals surface area contributed by atoms with Crippen molar-refractivity contribution in [3.63, 3.8) is 0 Å². The topological polar surface area (TPSA) is 29.1 Å². The molecule has 0 atom stereocenters. The fraction of sp³-hybridized carbons (Fsp3) is 0.316. The van der Waals surface area contributed by atoms with Crippen LogP contribution >= 0.6 is 11.6 Å². The second-order valence-electron chi connectivity index (χ2n) is 6.44. The van der Waals surface area contributed by atoms with E-state index in [0.29, 0.717) is 17.1 Å². The Morgan fingerprint density at radius 1 is 1.14 bits per heavy atom. The third kappa shape index (κ3) is 3.89. The maximum atomic E-state index is 12.7. The van der Waals surface area contributed by atoms with E-state index in [4.69, 9.17) is 11.6 Å². The quantitative estimate of drug-likeness (QED) is 0.829. The number of halogens is 1. The van der Waals surface area contributed by atoms with Gasteiger partial charge in [-0.25, -0.2) is 0 Å². The van der Waals surface area contributed by atoms with Gasteiger partial charge in [0.15, 0.2) is 0 Å². The number of hydrogen-bond acceptors (Lipinski definition) is 1. The van der Waals surface area contributed by atoms with Crippen LogP contribution in [0.1, 0.15) is 30.5 Å². The van der Waals surface area contributed by atoms with Crippen LogP contribution in [0.4, 0.5) is 5.69 Å². The van der Waals surface area contributed by atoms with Crippen molar-refractivity contribution in [1.29, 1.82) is 0 Å². The molecule has 0 bridgehead atoms. The molecule has 2 aromatic rings. The number of anilines is 1. The van der Waals surface area contributed by atoms with E-state index in [-0.39, 0.29) is 5.91 Å². The van der Waals surface area contributed by atoms with Crippen molar-refractivity contribution in [3.8, 4) is 0 Å². The van der Waals surface area contributed by atoms with Crippen molar-refractivity contribution in [3.05, 3.63) is 64.2 Å². The van der Waals surface area contributed by atoms with Gasteiger partial charge in [0.05, 0.1) is 10.7 Å². The zero-order valence-electron chi connectivity index (χ0n) is 13.5. The summed E-state index contributed by atoms with van der Waals surface area (Å²) >= 11 is 6.27. The third-order valence-corrected chi connectivity index (χ3v) is 4.07. The number of nitrogens with one attached hydrogen (secondary N) is 1. The van der Waals surface area contributed by atoms with Crippen LogP contribution in [0.15, 0.2) is 42.5 Å². The molecule has 0 aliphatic rings. The molecule has 0 heterocycles. The third-order valence-electron chi connectivity index (χ3n) is 3.77. The molecule has 0 aliphatic heterocycles. The van der Waals surface area contributed by atoms with Crippen LogP contribution in [0, 0.1) is 19.3 Å². The van der Waals surface area contributed by atoms with Gasteiger partial charge in [-0.2, -0.15) is 0 Å². The number of carbonyl (C=O) groups excluding carboxylic acids is 1. The van der Waals surface area contributed by atoms with E-state index in [1.807, 2.05) is 70.2 Å². The zero-order chi connectivity index (χ0) is 16.3. The summed E-state index contributed by atoms with van der Waals surface area (Å²) in [6, 6.07) is 13.9. The van der Waals surface area contributed by atoms with E-state index in [9.17, 15) is 4.79 Å². The predicted octanol–water partition coefficient (Wildman–Crippen LogP) is 5.16. The van der Waals surface area contributed by atoms with Crippen molar-refractivity contribution in [2.24, 2.45) is 5.41 Å². The molecule has 116 valence electrons. The van der Waals surface area contributed by atoms with Crippen molar-refractivity contribution < 1.29 is 4.79 Å². The van der Waals surface area contributed by atoms with Gasteiger partial charge in [-0.3, -0.25) is 4.79 Å². The summed E-state index contributed by atoms with van der Waals surface area (Å²) in [7, 11) is 0. The van der Waals surface area contributed by atoms with Gasteiger partial charge in [0.2, 0.25) is 5.91 Å². The molecule has 0 aromatic heterocycles. The minimum atomic E-state index is -0.512. The maximum absolute atomic E-state index is 12.7. The first kappa shape index (κ1) is 16.6. The fourth-order valence-corrected chi connectivity index (χ4v) is 2.91. The Balaban J connectivity index is 2.18. The van der Waals surface area contributed by atoms with Crippen molar-refractivity contribution in [2.45, 2.75) is 34.1 Å². The highest BCUT2D eigenvalue weighted by molar-refractivity contribution is 6.34. The van der Waals surface area contributed by atoms with Gasteiger partial charge in [0, 0.05) is 5.41 Å². The Kier molecular flexibility index (Phi) is 4.92. The maximum Gasteiger partial charge on any atom is 0.230 e. The first-order valence-corrected chi connectivity index (χ1v) is 7.79. The average molecular weight is 316 g/mol. The van der Waals surface area contributed by atoms with E-state index < -0.39 is 5.41 Å². The summed E-state index contributed by atoms with van der Waals surface area (Å²) in [5.74, 6) is -0.0230. The normalized spacial score (nSPS) is 11.3. The van der Waals surface area contributed by atoms with Crippen molar-refractivity contribution in [2.75, 3.05) is 5.32 Å². The smallest absolute Gasteiger partial charge is 0.230 e. The van der Waals surface area contributed by atoms with Crippen LogP contribution in [0.3, 0.4) is 0 Å². The van der Waals surface area contributed by atoms with Crippen LogP contribution in [0.2, 0.25) is 5.02 Å². The van der Waals surface area contributed by atoms with Gasteiger partial charge in [-0.15, -0.1) is 0 Å². The van der Waals surface area contributed by atoms with Crippen LogP contribution in [-0.4, -0.2) is 5.91 Å². The summed E-state index contributed by atoms with van der Waals surface area (Å²) in [5, 5.41) is 3.58. The molecule has 2 nitrogen and oxygen atoms in total. The van der Waals surface area contributed by atoms with Crippen molar-refractivity contribution in [1.82, 2.24) is 0 Å². The fourth-order valence-electron chi connectivity index (χ4n) is 2.54. The van der Waals surface area contributed by atoms with Gasteiger partial charge < -0.3 is 5.32 Å². The largest absolute Gasteiger partial charge is 0.324 e. The van der Waals surface area contributed by atoms with E-state index in [1.54, 1.807) is 0 Å². The molecule has 0 saturated carbocycles. The molecular weight excluding hydrogens is 294 g/mol. The average Bonchev–Trinajstić information content (AvgIpc) is 2.43. The number of benzene rings is 2. The van der Waals surface area contributed by atoms with Gasteiger partial charge in [0.25, 0.3) is 0 Å². The van der Waals surface area contributed by atoms with Crippen LogP contribution in [0.25, 0.3) is 0 Å². The number of hydrogen-bond donors (Lipinski definition) is 1. The molecule has 0 aliphatic carbocycles. The molecule has 0 saturated heterocycles. The highest BCUT2D eigenvalue weighted by atomic mass is 35.5. The summed E-state index contributed by atoms with van der Waals surface area (Å²) in [5.41, 5.74) is 3.41. The van der Waals surface area contributed by atoms with E-state index in [2.05, 4.69) is 5.32 Å². The number of carbonyl (C=O) groups is 1. The lowest BCUT2D eigenvalue weighted by Gasteiger charge is -2.24. The molecule has 0 unspecified atom stereocenters. The number of amides is 1. The Morgan fingerprint density at radius 3 is 2.36 bits per heavy atom. The summed E-state index contributed by atoms with van der Waals surface area (Å²) < 4.78 is 0. The number of aryl methyl sites for hydroxylation is 2. The van der Waals surface area contributed by atoms with E-state index >= 15 is 0 Å². The van der Waals surface area contributed by atoms with Crippen molar-refractivity contribution >= 4 is 23.2 Å². The monoisotopic (exact) mass is 315 g/mol. The molecule has 1 N–H and O–H groups in total. The van der Waals surface area contributed by atoms with Gasteiger partial charge in [-0.05, 0) is 43.0 Å². The SMILES string of the molecule is Cc1cc(C)c(NC(=O)C(C)(C)Cc2ccccc2)c(Cl)c1. The standard InChI is InChI=1S/C19H22ClNO/c1-13-10-14(2)17(16(20)11-13)21-18(22)19(3,4)12-15-8-6-5-7-9-15/h5-11H,12H2,1-4H3,(H,21,22). The van der Waals surface area contributed by atoms with Crippen LogP contribution < -0.4 is 5.32 Å². The van der Waals surface area contributed by atoms with Crippen LogP contribution in [-0.2, 0) is 11.2 Å². The molecular formula is C19H22ClNO. The lowest BCUT2D eigenvalue weighted by atomic mass is 9.84. The minimum Gasteiger partial charge on any atom is -0.324 e. The molecule has 0 radical (unpaired) electrons. The van der Waals surface area contributed by atoms with Gasteiger partial charge in [-0.1, -0.05) is 61.8 Å². The van der Waals surface area contributed by atoms with Crippen LogP contribution in [0.5, 0.6) is 0 Å². The summed E-state index contributed by atoms with van der Waals surface area (Å²) in [6.07, 6.45) is 0.683. The van der Waals surface area contributed by atoms with E-state index in [0.717, 1.165) is 16.7 Å². The van der Waals surface area contributed by atoms with Gasteiger partial charge >= 0.3 is 0 Å². The lowest BCUT2D eigenvalue weighted by molar-refractivity contribution is -0.123. The highest BCUT2D eigenvalue weighted by Gasteiger charge is 2.28. The first-order valence-electron chi connectivity index (χ1n) is 7.42. The Morgan fingerprint density at radius 2 is 1.77 bits per heavy atom. The molecule has 22 heavy (non-hydrogen) atoms. The van der Waals surface area contributed by atoms with E-state index in [1.165, 1.54) is 0 Å². The Hall–Kier alpha value is -1.80. The first-order chi connectivity index (χ1) is 10.3. The lowest BCUT2D eigenvalue weighted by Crippen LogP contribution is -2.33. The minimum absolute atomic E-state index is 0.0230. The second-order valence-corrected chi connectivity index (χ2v) is 6.85. The zero-order valence-corrected chi connectivity index (χ0v) is 14.3. The van der Waals surface area contributed by atoms with Gasteiger partial charge in [0.1, 0.15) is 0 Å². The molecule has 0 spiro atoms. The molecule has 0 fully saturated rings. The Bertz CT molecular complexity index is 654.